The number of fused-ring (bicyclic) bond motifs is 10. The summed E-state index contributed by atoms with van der Waals surface area (Å²) in [5.74, 6) is 0. The smallest absolute Gasteiger partial charge is 0.146 e. The van der Waals surface area contributed by atoms with Gasteiger partial charge in [0.1, 0.15) is 5.65 Å². The van der Waals surface area contributed by atoms with E-state index >= 15 is 0 Å². The third-order valence-electron chi connectivity index (χ3n) is 8.07. The van der Waals surface area contributed by atoms with Gasteiger partial charge in [0.25, 0.3) is 0 Å². The number of pyridine rings is 1. The van der Waals surface area contributed by atoms with Gasteiger partial charge in [-0.3, -0.25) is 4.40 Å². The van der Waals surface area contributed by atoms with Gasteiger partial charge in [0.2, 0.25) is 0 Å². The quantitative estimate of drug-likeness (QED) is 0.176. The average molecular weight is 497 g/mol. The molecule has 0 amide bonds. The van der Waals surface area contributed by atoms with Crippen LogP contribution >= 0.6 is 0 Å². The number of hydrogen-bond donors (Lipinski definition) is 0. The first-order valence-electron chi connectivity index (χ1n) is 13.2. The third-order valence-corrected chi connectivity index (χ3v) is 8.07. The van der Waals surface area contributed by atoms with Crippen LogP contribution in [0.1, 0.15) is 11.1 Å². The highest BCUT2D eigenvalue weighted by Gasteiger charge is 2.16. The average Bonchev–Trinajstić information content (AvgIpc) is 3.39. The Morgan fingerprint density at radius 1 is 0.564 bits per heavy atom. The van der Waals surface area contributed by atoms with E-state index in [1.165, 1.54) is 43.3 Å². The van der Waals surface area contributed by atoms with Gasteiger partial charge in [0.05, 0.1) is 16.6 Å². The van der Waals surface area contributed by atoms with Crippen molar-refractivity contribution in [1.82, 2.24) is 9.38 Å². The highest BCUT2D eigenvalue weighted by molar-refractivity contribution is 6.18. The van der Waals surface area contributed by atoms with Crippen LogP contribution in [0, 0.1) is 0 Å². The van der Waals surface area contributed by atoms with Crippen molar-refractivity contribution in [3.63, 3.8) is 0 Å². The Morgan fingerprint density at radius 3 is 2.08 bits per heavy atom. The summed E-state index contributed by atoms with van der Waals surface area (Å²) in [6.45, 7) is 8.18. The molecule has 0 fully saturated rings. The Morgan fingerprint density at radius 2 is 1.28 bits per heavy atom. The fourth-order valence-corrected chi connectivity index (χ4v) is 6.27. The van der Waals surface area contributed by atoms with E-state index in [0.29, 0.717) is 0 Å². The van der Waals surface area contributed by atoms with Gasteiger partial charge in [-0.2, -0.15) is 0 Å². The topological polar surface area (TPSA) is 17.3 Å². The molecule has 0 saturated carbocycles. The molecule has 182 valence electrons. The van der Waals surface area contributed by atoms with Crippen molar-refractivity contribution < 1.29 is 0 Å². The molecule has 0 saturated heterocycles. The Kier molecular flexibility index (Phi) is 4.56. The summed E-state index contributed by atoms with van der Waals surface area (Å²) in [6.07, 6.45) is 3.86. The molecule has 0 aliphatic heterocycles. The predicted molar refractivity (Wildman–Crippen MR) is 168 cm³/mol. The first-order valence-corrected chi connectivity index (χ1v) is 13.2. The highest BCUT2D eigenvalue weighted by atomic mass is 15.0. The van der Waals surface area contributed by atoms with E-state index in [4.69, 9.17) is 4.98 Å². The van der Waals surface area contributed by atoms with Crippen molar-refractivity contribution in [2.75, 3.05) is 0 Å². The van der Waals surface area contributed by atoms with Crippen LogP contribution in [0.5, 0.6) is 0 Å². The lowest BCUT2D eigenvalue weighted by Crippen LogP contribution is -1.94. The Hall–Kier alpha value is -5.21. The van der Waals surface area contributed by atoms with Gasteiger partial charge >= 0.3 is 0 Å². The van der Waals surface area contributed by atoms with E-state index < -0.39 is 0 Å². The van der Waals surface area contributed by atoms with Crippen molar-refractivity contribution in [2.24, 2.45) is 0 Å². The van der Waals surface area contributed by atoms with E-state index in [0.717, 1.165) is 38.9 Å². The maximum Gasteiger partial charge on any atom is 0.146 e. The molecule has 0 aliphatic rings. The van der Waals surface area contributed by atoms with Gasteiger partial charge < -0.3 is 0 Å². The SMILES string of the molecule is C=Cc1cc(-c2ccc3c4cc5ccccc5cc4c4nc5ccccc5n4c3c2)c2ccccc2c1C=C. The first-order chi connectivity index (χ1) is 19.2. The molecule has 8 aromatic rings. The van der Waals surface area contributed by atoms with E-state index in [1.807, 2.05) is 12.2 Å². The van der Waals surface area contributed by atoms with Crippen LogP contribution in [-0.4, -0.2) is 9.38 Å². The van der Waals surface area contributed by atoms with Gasteiger partial charge in [0.15, 0.2) is 0 Å². The van der Waals surface area contributed by atoms with E-state index in [2.05, 4.69) is 127 Å². The number of aromatic nitrogens is 2. The van der Waals surface area contributed by atoms with Crippen LogP contribution in [0.15, 0.2) is 122 Å². The maximum absolute atomic E-state index is 5.14. The van der Waals surface area contributed by atoms with Crippen LogP contribution in [-0.2, 0) is 0 Å². The maximum atomic E-state index is 5.14. The summed E-state index contributed by atoms with van der Waals surface area (Å²) in [4.78, 5) is 5.14. The lowest BCUT2D eigenvalue weighted by molar-refractivity contribution is 1.32. The molecular formula is C37H24N2. The highest BCUT2D eigenvalue weighted by Crippen LogP contribution is 2.39. The molecule has 0 atom stereocenters. The van der Waals surface area contributed by atoms with Gasteiger partial charge in [0, 0.05) is 10.8 Å². The fraction of sp³-hybridized carbons (Fsp3) is 0. The molecule has 2 heterocycles. The van der Waals surface area contributed by atoms with Crippen LogP contribution < -0.4 is 0 Å². The lowest BCUT2D eigenvalue weighted by atomic mass is 9.90. The molecule has 0 N–H and O–H groups in total. The second-order valence-electron chi connectivity index (χ2n) is 10.1. The molecular weight excluding hydrogens is 472 g/mol. The summed E-state index contributed by atoms with van der Waals surface area (Å²) in [5, 5.41) is 8.44. The Balaban J connectivity index is 1.55. The van der Waals surface area contributed by atoms with Gasteiger partial charge in [-0.15, -0.1) is 0 Å². The molecule has 0 bridgehead atoms. The summed E-state index contributed by atoms with van der Waals surface area (Å²) < 4.78 is 2.33. The van der Waals surface area contributed by atoms with Crippen molar-refractivity contribution in [3.05, 3.63) is 133 Å². The first kappa shape index (κ1) is 21.8. The normalized spacial score (nSPS) is 11.8. The molecule has 2 nitrogen and oxygen atoms in total. The van der Waals surface area contributed by atoms with E-state index in [9.17, 15) is 0 Å². The molecule has 0 radical (unpaired) electrons. The van der Waals surface area contributed by atoms with Crippen LogP contribution in [0.3, 0.4) is 0 Å². The molecule has 8 rings (SSSR count). The van der Waals surface area contributed by atoms with Crippen molar-refractivity contribution in [1.29, 1.82) is 0 Å². The van der Waals surface area contributed by atoms with E-state index in [-0.39, 0.29) is 0 Å². The zero-order valence-electron chi connectivity index (χ0n) is 21.4. The molecule has 0 spiro atoms. The minimum absolute atomic E-state index is 0.986. The Bertz CT molecular complexity index is 2320. The van der Waals surface area contributed by atoms with Gasteiger partial charge in [-0.05, 0) is 85.6 Å². The molecule has 2 aromatic heterocycles. The number of rotatable bonds is 3. The summed E-state index contributed by atoms with van der Waals surface area (Å²) in [6, 6.07) is 39.2. The minimum Gasteiger partial charge on any atom is -0.292 e. The largest absolute Gasteiger partial charge is 0.292 e. The second-order valence-corrected chi connectivity index (χ2v) is 10.1. The monoisotopic (exact) mass is 496 g/mol. The Labute approximate surface area is 225 Å². The van der Waals surface area contributed by atoms with Gasteiger partial charge in [-0.25, -0.2) is 4.98 Å². The van der Waals surface area contributed by atoms with Crippen molar-refractivity contribution in [2.45, 2.75) is 0 Å². The standard InChI is InChI=1S/C37H24N2/c1-3-23-19-31(29-14-8-7-13-28(29)27(23)4-2)26-17-18-30-32-20-24-11-5-6-12-25(24)21-33(32)37-38-34-15-9-10-16-35(34)39(37)36(30)22-26/h3-22H,1-2H2. The number of hydrogen-bond acceptors (Lipinski definition) is 1. The summed E-state index contributed by atoms with van der Waals surface area (Å²) >= 11 is 0. The molecule has 0 unspecified atom stereocenters. The lowest BCUT2D eigenvalue weighted by Gasteiger charge is -2.15. The fourth-order valence-electron chi connectivity index (χ4n) is 6.27. The van der Waals surface area contributed by atoms with Crippen molar-refractivity contribution in [3.8, 4) is 11.1 Å². The minimum atomic E-state index is 0.986. The third kappa shape index (κ3) is 3.06. The summed E-state index contributed by atoms with van der Waals surface area (Å²) in [7, 11) is 0. The number of para-hydroxylation sites is 2. The van der Waals surface area contributed by atoms with Crippen LogP contribution in [0.2, 0.25) is 0 Å². The van der Waals surface area contributed by atoms with Crippen molar-refractivity contribution >= 4 is 72.1 Å². The zero-order valence-corrected chi connectivity index (χ0v) is 21.4. The number of imidazole rings is 1. The molecule has 0 aliphatic carbocycles. The molecule has 39 heavy (non-hydrogen) atoms. The second kappa shape index (κ2) is 8.14. The predicted octanol–water partition coefficient (Wildman–Crippen LogP) is 10.1. The number of nitrogens with zero attached hydrogens (tertiary/aromatic N) is 2. The van der Waals surface area contributed by atoms with Crippen LogP contribution in [0.4, 0.5) is 0 Å². The molecule has 6 aromatic carbocycles. The zero-order chi connectivity index (χ0) is 26.1. The summed E-state index contributed by atoms with van der Waals surface area (Å²) in [5.41, 5.74) is 8.80. The van der Waals surface area contributed by atoms with Gasteiger partial charge in [-0.1, -0.05) is 98.1 Å². The number of benzene rings is 6. The van der Waals surface area contributed by atoms with E-state index in [1.54, 1.807) is 0 Å². The van der Waals surface area contributed by atoms with Crippen LogP contribution in [0.25, 0.3) is 83.2 Å². The molecule has 2 heteroatoms.